The van der Waals surface area contributed by atoms with Crippen molar-refractivity contribution >= 4 is 11.8 Å². The zero-order chi connectivity index (χ0) is 22.2. The predicted octanol–water partition coefficient (Wildman–Crippen LogP) is 5.76. The molecule has 1 unspecified atom stereocenters. The Morgan fingerprint density at radius 3 is 2.23 bits per heavy atom. The van der Waals surface area contributed by atoms with E-state index in [1.54, 1.807) is 36.4 Å². The summed E-state index contributed by atoms with van der Waals surface area (Å²) in [7, 11) is 1.32. The van der Waals surface area contributed by atoms with Crippen LogP contribution in [0.5, 0.6) is 0 Å². The minimum atomic E-state index is -4.39. The van der Waals surface area contributed by atoms with Gasteiger partial charge in [0.2, 0.25) is 0 Å². The van der Waals surface area contributed by atoms with Crippen molar-refractivity contribution in [1.82, 2.24) is 0 Å². The molecule has 4 rings (SSSR count). The third-order valence-electron chi connectivity index (χ3n) is 5.64. The summed E-state index contributed by atoms with van der Waals surface area (Å²) in [6, 6.07) is 17.3. The fraction of sp³-hybridized carbons (Fsp3) is 0.200. The first-order valence-corrected chi connectivity index (χ1v) is 9.79. The Bertz CT molecular complexity index is 1130. The summed E-state index contributed by atoms with van der Waals surface area (Å²) >= 11 is 0. The van der Waals surface area contributed by atoms with Crippen LogP contribution in [0.2, 0.25) is 0 Å². The standard InChI is InChI=1S/C25H19F3O3/c1-31-24(30)17-7-5-15(6-8-17)13-18-14-22-20(3-2-4-21(22)23(18)29)16-9-11-19(12-10-16)25(26,27)28/h2-12,18H,13-14H2,1H3. The number of hydrogen-bond donors (Lipinski definition) is 0. The van der Waals surface area contributed by atoms with Crippen LogP contribution in [-0.4, -0.2) is 18.9 Å². The van der Waals surface area contributed by atoms with E-state index < -0.39 is 17.7 Å². The number of benzene rings is 3. The summed E-state index contributed by atoms with van der Waals surface area (Å²) in [5.41, 5.74) is 3.58. The molecule has 0 spiro atoms. The number of halogens is 3. The van der Waals surface area contributed by atoms with Crippen LogP contribution in [0.15, 0.2) is 66.7 Å². The van der Waals surface area contributed by atoms with E-state index in [9.17, 15) is 22.8 Å². The first-order chi connectivity index (χ1) is 14.8. The van der Waals surface area contributed by atoms with Crippen molar-refractivity contribution in [2.45, 2.75) is 19.0 Å². The number of methoxy groups -OCH3 is 1. The maximum absolute atomic E-state index is 13.0. The Morgan fingerprint density at radius 2 is 1.61 bits per heavy atom. The molecule has 0 aromatic heterocycles. The van der Waals surface area contributed by atoms with Crippen molar-refractivity contribution in [3.63, 3.8) is 0 Å². The zero-order valence-corrected chi connectivity index (χ0v) is 16.7. The third kappa shape index (κ3) is 4.10. The van der Waals surface area contributed by atoms with Crippen molar-refractivity contribution < 1.29 is 27.5 Å². The Morgan fingerprint density at radius 1 is 0.968 bits per heavy atom. The molecule has 0 amide bonds. The predicted molar refractivity (Wildman–Crippen MR) is 110 cm³/mol. The largest absolute Gasteiger partial charge is 0.465 e. The number of ether oxygens (including phenoxy) is 1. The summed E-state index contributed by atoms with van der Waals surface area (Å²) in [6.45, 7) is 0. The fourth-order valence-corrected chi connectivity index (χ4v) is 4.05. The Balaban J connectivity index is 1.57. The van der Waals surface area contributed by atoms with Gasteiger partial charge in [0, 0.05) is 11.5 Å². The maximum atomic E-state index is 13.0. The van der Waals surface area contributed by atoms with Crippen LogP contribution in [-0.2, 0) is 23.8 Å². The van der Waals surface area contributed by atoms with Gasteiger partial charge in [-0.3, -0.25) is 4.79 Å². The van der Waals surface area contributed by atoms with Gasteiger partial charge < -0.3 is 4.74 Å². The Labute approximate surface area is 177 Å². The molecule has 0 fully saturated rings. The second kappa shape index (κ2) is 8.02. The number of hydrogen-bond acceptors (Lipinski definition) is 3. The topological polar surface area (TPSA) is 43.4 Å². The molecule has 1 aliphatic carbocycles. The summed E-state index contributed by atoms with van der Waals surface area (Å²) in [5.74, 6) is -0.646. The normalized spacial score (nSPS) is 15.6. The van der Waals surface area contributed by atoms with Gasteiger partial charge in [-0.2, -0.15) is 13.2 Å². The van der Waals surface area contributed by atoms with E-state index in [-0.39, 0.29) is 11.7 Å². The summed E-state index contributed by atoms with van der Waals surface area (Å²) in [6.07, 6.45) is -3.35. The first kappa shape index (κ1) is 20.8. The molecule has 0 N–H and O–H groups in total. The molecule has 0 aliphatic heterocycles. The van der Waals surface area contributed by atoms with Crippen LogP contribution < -0.4 is 0 Å². The minimum Gasteiger partial charge on any atom is -0.465 e. The van der Waals surface area contributed by atoms with Gasteiger partial charge in [-0.15, -0.1) is 0 Å². The summed E-state index contributed by atoms with van der Waals surface area (Å²) in [5, 5.41) is 0. The van der Waals surface area contributed by atoms with Crippen LogP contribution >= 0.6 is 0 Å². The molecule has 3 aromatic carbocycles. The molecular weight excluding hydrogens is 405 g/mol. The molecule has 1 atom stereocenters. The molecule has 3 aromatic rings. The second-order valence-corrected chi connectivity index (χ2v) is 7.56. The fourth-order valence-electron chi connectivity index (χ4n) is 4.05. The molecule has 0 saturated carbocycles. The van der Waals surface area contributed by atoms with E-state index in [0.29, 0.717) is 29.5 Å². The lowest BCUT2D eigenvalue weighted by Gasteiger charge is -2.11. The van der Waals surface area contributed by atoms with Crippen LogP contribution in [0.25, 0.3) is 11.1 Å². The lowest BCUT2D eigenvalue weighted by Crippen LogP contribution is -2.12. The first-order valence-electron chi connectivity index (χ1n) is 9.79. The van der Waals surface area contributed by atoms with Gasteiger partial charge in [-0.05, 0) is 59.4 Å². The van der Waals surface area contributed by atoms with Crippen molar-refractivity contribution in [1.29, 1.82) is 0 Å². The van der Waals surface area contributed by atoms with Gasteiger partial charge in [0.05, 0.1) is 18.2 Å². The van der Waals surface area contributed by atoms with E-state index >= 15 is 0 Å². The van der Waals surface area contributed by atoms with E-state index in [2.05, 4.69) is 0 Å². The summed E-state index contributed by atoms with van der Waals surface area (Å²) in [4.78, 5) is 24.5. The number of alkyl halides is 3. The maximum Gasteiger partial charge on any atom is 0.416 e. The number of fused-ring (bicyclic) bond motifs is 1. The molecule has 3 nitrogen and oxygen atoms in total. The van der Waals surface area contributed by atoms with Gasteiger partial charge in [-0.1, -0.05) is 42.5 Å². The van der Waals surface area contributed by atoms with Gasteiger partial charge in [0.1, 0.15) is 0 Å². The summed E-state index contributed by atoms with van der Waals surface area (Å²) < 4.78 is 43.3. The number of carbonyl (C=O) groups excluding carboxylic acids is 2. The number of carbonyl (C=O) groups is 2. The molecule has 6 heteroatoms. The third-order valence-corrected chi connectivity index (χ3v) is 5.64. The van der Waals surface area contributed by atoms with E-state index in [1.807, 2.05) is 6.07 Å². The van der Waals surface area contributed by atoms with Crippen LogP contribution in [0.4, 0.5) is 13.2 Å². The van der Waals surface area contributed by atoms with Gasteiger partial charge >= 0.3 is 12.1 Å². The molecule has 0 bridgehead atoms. The molecular formula is C25H19F3O3. The van der Waals surface area contributed by atoms with E-state index in [4.69, 9.17) is 4.74 Å². The lowest BCUT2D eigenvalue weighted by atomic mass is 9.94. The molecule has 0 saturated heterocycles. The average molecular weight is 424 g/mol. The van der Waals surface area contributed by atoms with Crippen LogP contribution in [0.3, 0.4) is 0 Å². The highest BCUT2D eigenvalue weighted by atomic mass is 19.4. The van der Waals surface area contributed by atoms with Crippen LogP contribution in [0.1, 0.15) is 37.4 Å². The Kier molecular flexibility index (Phi) is 5.39. The molecule has 0 heterocycles. The highest BCUT2D eigenvalue weighted by Gasteiger charge is 2.33. The van der Waals surface area contributed by atoms with Gasteiger partial charge in [-0.25, -0.2) is 4.79 Å². The highest BCUT2D eigenvalue weighted by Crippen LogP contribution is 2.37. The minimum absolute atomic E-state index is 0.0285. The SMILES string of the molecule is COC(=O)c1ccc(CC2Cc3c(cccc3-c3ccc(C(F)(F)F)cc3)C2=O)cc1. The van der Waals surface area contributed by atoms with Crippen molar-refractivity contribution in [3.05, 3.63) is 94.5 Å². The van der Waals surface area contributed by atoms with Crippen molar-refractivity contribution in [3.8, 4) is 11.1 Å². The monoisotopic (exact) mass is 424 g/mol. The number of esters is 1. The van der Waals surface area contributed by atoms with E-state index in [0.717, 1.165) is 28.8 Å². The zero-order valence-electron chi connectivity index (χ0n) is 16.7. The van der Waals surface area contributed by atoms with E-state index in [1.165, 1.54) is 19.2 Å². The quantitative estimate of drug-likeness (QED) is 0.501. The number of rotatable bonds is 4. The number of Topliss-reactive ketones (excluding diaryl/α,β-unsaturated/α-hetero) is 1. The number of ketones is 1. The van der Waals surface area contributed by atoms with Gasteiger partial charge in [0.15, 0.2) is 5.78 Å². The van der Waals surface area contributed by atoms with Gasteiger partial charge in [0.25, 0.3) is 0 Å². The molecule has 1 aliphatic rings. The molecule has 158 valence electrons. The van der Waals surface area contributed by atoms with Crippen molar-refractivity contribution in [2.75, 3.05) is 7.11 Å². The molecule has 31 heavy (non-hydrogen) atoms. The lowest BCUT2D eigenvalue weighted by molar-refractivity contribution is -0.137. The Hall–Kier alpha value is -3.41. The highest BCUT2D eigenvalue weighted by molar-refractivity contribution is 6.04. The smallest absolute Gasteiger partial charge is 0.416 e. The second-order valence-electron chi connectivity index (χ2n) is 7.56. The van der Waals surface area contributed by atoms with Crippen LogP contribution in [0, 0.1) is 5.92 Å². The average Bonchev–Trinajstić information content (AvgIpc) is 3.08. The van der Waals surface area contributed by atoms with Crippen molar-refractivity contribution in [2.24, 2.45) is 5.92 Å². The molecule has 0 radical (unpaired) electrons.